The summed E-state index contributed by atoms with van der Waals surface area (Å²) >= 11 is 1.93. The van der Waals surface area contributed by atoms with Crippen LogP contribution in [0.4, 0.5) is 4.39 Å². The Bertz CT molecular complexity index is 1080. The Balaban J connectivity index is 1.58. The monoisotopic (exact) mass is 395 g/mol. The van der Waals surface area contributed by atoms with Crippen molar-refractivity contribution in [2.24, 2.45) is 0 Å². The molecular formula is C19H18FN7S. The van der Waals surface area contributed by atoms with E-state index in [-0.39, 0.29) is 11.9 Å². The largest absolute Gasteiger partial charge is 0.352 e. The van der Waals surface area contributed by atoms with E-state index in [1.54, 1.807) is 12.1 Å². The molecule has 0 bridgehead atoms. The van der Waals surface area contributed by atoms with E-state index in [0.717, 1.165) is 30.1 Å². The van der Waals surface area contributed by atoms with Crippen molar-refractivity contribution < 1.29 is 4.39 Å². The number of hydrogen-bond donors (Lipinski definition) is 2. The van der Waals surface area contributed by atoms with Gasteiger partial charge in [-0.05, 0) is 42.9 Å². The first-order valence-electron chi connectivity index (χ1n) is 9.14. The van der Waals surface area contributed by atoms with Crippen LogP contribution in [0.5, 0.6) is 0 Å². The number of aromatic nitrogens is 7. The smallest absolute Gasteiger partial charge is 0.219 e. The van der Waals surface area contributed by atoms with Crippen molar-refractivity contribution >= 4 is 11.8 Å². The molecule has 4 aromatic rings. The molecule has 1 atom stereocenters. The van der Waals surface area contributed by atoms with Crippen molar-refractivity contribution in [1.82, 2.24) is 34.9 Å². The first kappa shape index (κ1) is 17.2. The molecule has 1 fully saturated rings. The summed E-state index contributed by atoms with van der Waals surface area (Å²) in [4.78, 5) is 12.2. The van der Waals surface area contributed by atoms with Crippen LogP contribution in [0.3, 0.4) is 0 Å². The zero-order valence-corrected chi connectivity index (χ0v) is 15.8. The van der Waals surface area contributed by atoms with Gasteiger partial charge in [-0.15, -0.1) is 5.10 Å². The zero-order valence-electron chi connectivity index (χ0n) is 15.0. The molecule has 3 aromatic heterocycles. The van der Waals surface area contributed by atoms with Gasteiger partial charge in [0.25, 0.3) is 0 Å². The Morgan fingerprint density at radius 2 is 2.04 bits per heavy atom. The Morgan fingerprint density at radius 3 is 2.82 bits per heavy atom. The number of benzene rings is 1. The van der Waals surface area contributed by atoms with Crippen LogP contribution < -0.4 is 0 Å². The summed E-state index contributed by atoms with van der Waals surface area (Å²) in [7, 11) is 0. The van der Waals surface area contributed by atoms with Crippen molar-refractivity contribution in [3.05, 3.63) is 48.5 Å². The maximum absolute atomic E-state index is 14.2. The van der Waals surface area contributed by atoms with Crippen LogP contribution in [-0.2, 0) is 0 Å². The standard InChI is InChI=1S/C19H18FN7S/c20-14-6-2-1-5-13(14)15-7-8-16(23-15)19-24-18(17-21-11-22-25-17)26-27(19)12-4-3-9-28-10-12/h1-2,5-8,11-12,23H,3-4,9-10H2,(H,21,22,25). The summed E-state index contributed by atoms with van der Waals surface area (Å²) in [6.45, 7) is 0. The minimum Gasteiger partial charge on any atom is -0.352 e. The van der Waals surface area contributed by atoms with E-state index in [1.165, 1.54) is 18.1 Å². The van der Waals surface area contributed by atoms with Crippen LogP contribution in [0.2, 0.25) is 0 Å². The van der Waals surface area contributed by atoms with Crippen LogP contribution in [0.25, 0.3) is 34.4 Å². The number of hydrogen-bond acceptors (Lipinski definition) is 5. The van der Waals surface area contributed by atoms with Crippen LogP contribution in [0.1, 0.15) is 18.9 Å². The summed E-state index contributed by atoms with van der Waals surface area (Å²) in [6, 6.07) is 10.8. The molecule has 2 N–H and O–H groups in total. The summed E-state index contributed by atoms with van der Waals surface area (Å²) in [5.41, 5.74) is 2.04. The molecular weight excluding hydrogens is 377 g/mol. The van der Waals surface area contributed by atoms with Gasteiger partial charge in [0.2, 0.25) is 5.82 Å². The molecule has 28 heavy (non-hydrogen) atoms. The number of H-pyrrole nitrogens is 2. The van der Waals surface area contributed by atoms with Crippen molar-refractivity contribution in [2.75, 3.05) is 11.5 Å². The van der Waals surface area contributed by atoms with Gasteiger partial charge in [0.1, 0.15) is 12.1 Å². The molecule has 0 radical (unpaired) electrons. The molecule has 142 valence electrons. The molecule has 7 nitrogen and oxygen atoms in total. The number of aromatic amines is 2. The van der Waals surface area contributed by atoms with E-state index >= 15 is 0 Å². The third-order valence-corrected chi connectivity index (χ3v) is 6.03. The number of nitrogens with one attached hydrogen (secondary N) is 2. The highest BCUT2D eigenvalue weighted by Gasteiger charge is 2.24. The second-order valence-electron chi connectivity index (χ2n) is 6.67. The van der Waals surface area contributed by atoms with E-state index < -0.39 is 0 Å². The molecule has 1 aliphatic heterocycles. The molecule has 1 unspecified atom stereocenters. The molecule has 9 heteroatoms. The lowest BCUT2D eigenvalue weighted by atomic mass is 10.1. The molecule has 1 aliphatic rings. The Hall–Kier alpha value is -2.94. The van der Waals surface area contributed by atoms with Gasteiger partial charge < -0.3 is 4.98 Å². The second-order valence-corrected chi connectivity index (χ2v) is 7.82. The first-order chi connectivity index (χ1) is 13.8. The highest BCUT2D eigenvalue weighted by Crippen LogP contribution is 2.32. The van der Waals surface area contributed by atoms with E-state index in [1.807, 2.05) is 34.6 Å². The van der Waals surface area contributed by atoms with Gasteiger partial charge in [-0.2, -0.15) is 16.9 Å². The third kappa shape index (κ3) is 3.11. The lowest BCUT2D eigenvalue weighted by molar-refractivity contribution is 0.459. The predicted molar refractivity (Wildman–Crippen MR) is 106 cm³/mol. The maximum atomic E-state index is 14.2. The molecule has 5 rings (SSSR count). The average Bonchev–Trinajstić information content (AvgIpc) is 3.48. The predicted octanol–water partition coefficient (Wildman–Crippen LogP) is 3.93. The third-order valence-electron chi connectivity index (χ3n) is 4.83. The highest BCUT2D eigenvalue weighted by atomic mass is 32.2. The van der Waals surface area contributed by atoms with Crippen molar-refractivity contribution in [3.8, 4) is 34.4 Å². The summed E-state index contributed by atoms with van der Waals surface area (Å²) in [6.07, 6.45) is 3.65. The van der Waals surface area contributed by atoms with Gasteiger partial charge in [0.15, 0.2) is 11.6 Å². The van der Waals surface area contributed by atoms with E-state index in [0.29, 0.717) is 22.9 Å². The highest BCUT2D eigenvalue weighted by molar-refractivity contribution is 7.99. The fraction of sp³-hybridized carbons (Fsp3) is 0.263. The lowest BCUT2D eigenvalue weighted by Gasteiger charge is -2.22. The number of halogens is 1. The summed E-state index contributed by atoms with van der Waals surface area (Å²) in [5.74, 6) is 3.67. The quantitative estimate of drug-likeness (QED) is 0.547. The van der Waals surface area contributed by atoms with Crippen molar-refractivity contribution in [3.63, 3.8) is 0 Å². The molecule has 0 amide bonds. The Labute approximate surface area is 164 Å². The average molecular weight is 395 g/mol. The number of nitrogens with zero attached hydrogens (tertiary/aromatic N) is 5. The van der Waals surface area contributed by atoms with Crippen LogP contribution in [0, 0.1) is 5.82 Å². The fourth-order valence-electron chi connectivity index (χ4n) is 3.45. The Kier molecular flexibility index (Phi) is 4.44. The normalized spacial score (nSPS) is 17.1. The minimum absolute atomic E-state index is 0.261. The molecule has 4 heterocycles. The van der Waals surface area contributed by atoms with E-state index in [2.05, 4.69) is 20.2 Å². The lowest BCUT2D eigenvalue weighted by Crippen LogP contribution is -2.18. The maximum Gasteiger partial charge on any atom is 0.219 e. The molecule has 0 spiro atoms. The molecule has 1 saturated heterocycles. The van der Waals surface area contributed by atoms with E-state index in [4.69, 9.17) is 10.1 Å². The van der Waals surface area contributed by atoms with Gasteiger partial charge in [0.05, 0.1) is 11.7 Å². The van der Waals surface area contributed by atoms with Crippen LogP contribution >= 0.6 is 11.8 Å². The Morgan fingerprint density at radius 1 is 1.14 bits per heavy atom. The van der Waals surface area contributed by atoms with Crippen molar-refractivity contribution in [1.29, 1.82) is 0 Å². The van der Waals surface area contributed by atoms with E-state index in [9.17, 15) is 4.39 Å². The number of thioether (sulfide) groups is 1. The van der Waals surface area contributed by atoms with Gasteiger partial charge >= 0.3 is 0 Å². The van der Waals surface area contributed by atoms with Gasteiger partial charge in [-0.1, -0.05) is 12.1 Å². The van der Waals surface area contributed by atoms with Gasteiger partial charge in [-0.3, -0.25) is 5.10 Å². The molecule has 1 aromatic carbocycles. The first-order valence-corrected chi connectivity index (χ1v) is 10.3. The fourth-order valence-corrected chi connectivity index (χ4v) is 4.57. The molecule has 0 saturated carbocycles. The van der Waals surface area contributed by atoms with Crippen LogP contribution in [-0.4, -0.2) is 46.4 Å². The van der Waals surface area contributed by atoms with Gasteiger partial charge in [0, 0.05) is 17.0 Å². The topological polar surface area (TPSA) is 88.1 Å². The SMILES string of the molecule is Fc1ccccc1-c1ccc(-c2nc(-c3ncn[nH]3)nn2C2CCCSC2)[nH]1. The summed E-state index contributed by atoms with van der Waals surface area (Å²) < 4.78 is 16.1. The second kappa shape index (κ2) is 7.23. The molecule has 0 aliphatic carbocycles. The van der Waals surface area contributed by atoms with Crippen molar-refractivity contribution in [2.45, 2.75) is 18.9 Å². The summed E-state index contributed by atoms with van der Waals surface area (Å²) in [5, 5.41) is 11.4. The van der Waals surface area contributed by atoms with Gasteiger partial charge in [-0.25, -0.2) is 19.0 Å². The zero-order chi connectivity index (χ0) is 18.9. The minimum atomic E-state index is -0.261. The number of rotatable bonds is 4. The van der Waals surface area contributed by atoms with Crippen LogP contribution in [0.15, 0.2) is 42.7 Å².